The van der Waals surface area contributed by atoms with Crippen molar-refractivity contribution in [2.24, 2.45) is 5.92 Å². The molecule has 0 aromatic heterocycles. The molecule has 0 saturated carbocycles. The number of hydrogen-bond donors (Lipinski definition) is 1. The first-order valence-electron chi connectivity index (χ1n) is 5.97. The summed E-state index contributed by atoms with van der Waals surface area (Å²) in [5.74, 6) is 0.831. The van der Waals surface area contributed by atoms with E-state index in [1.165, 1.54) is 31.4 Å². The highest BCUT2D eigenvalue weighted by Gasteiger charge is 2.33. The second kappa shape index (κ2) is 4.36. The van der Waals surface area contributed by atoms with Crippen LogP contribution < -0.4 is 5.32 Å². The number of aryl methyl sites for hydroxylation is 1. The molecule has 1 nitrogen and oxygen atoms in total. The third-order valence-corrected chi connectivity index (χ3v) is 3.72. The van der Waals surface area contributed by atoms with E-state index in [0.717, 1.165) is 5.92 Å². The Balaban J connectivity index is 1.89. The number of rotatable bonds is 3. The maximum atomic E-state index is 3.58. The Morgan fingerprint density at radius 3 is 2.60 bits per heavy atom. The fourth-order valence-corrected chi connectivity index (χ4v) is 2.56. The van der Waals surface area contributed by atoms with E-state index in [9.17, 15) is 0 Å². The van der Waals surface area contributed by atoms with Crippen LogP contribution in [-0.4, -0.2) is 12.1 Å². The summed E-state index contributed by atoms with van der Waals surface area (Å²) >= 11 is 0. The Bertz CT molecular complexity index is 302. The lowest BCUT2D eigenvalue weighted by Gasteiger charge is -2.27. The van der Waals surface area contributed by atoms with Crippen molar-refractivity contribution in [1.82, 2.24) is 5.32 Å². The summed E-state index contributed by atoms with van der Waals surface area (Å²) in [5, 5.41) is 3.58. The summed E-state index contributed by atoms with van der Waals surface area (Å²) in [7, 11) is 0. The van der Waals surface area contributed by atoms with E-state index in [0.29, 0.717) is 5.54 Å². The maximum Gasteiger partial charge on any atom is 0.0153 e. The molecule has 2 rings (SSSR count). The Hall–Kier alpha value is -0.820. The van der Waals surface area contributed by atoms with E-state index in [2.05, 4.69) is 49.5 Å². The predicted octanol–water partition coefficient (Wildman–Crippen LogP) is 3.01. The topological polar surface area (TPSA) is 12.0 Å². The van der Waals surface area contributed by atoms with Crippen LogP contribution in [0, 0.1) is 5.92 Å². The average molecular weight is 203 g/mol. The van der Waals surface area contributed by atoms with E-state index in [4.69, 9.17) is 0 Å². The van der Waals surface area contributed by atoms with Crippen LogP contribution in [0.1, 0.15) is 32.3 Å². The van der Waals surface area contributed by atoms with Gasteiger partial charge in [-0.3, -0.25) is 0 Å². The van der Waals surface area contributed by atoms with Gasteiger partial charge in [0, 0.05) is 5.54 Å². The second-order valence-corrected chi connectivity index (χ2v) is 5.16. The monoisotopic (exact) mass is 203 g/mol. The highest BCUT2D eigenvalue weighted by atomic mass is 15.0. The molecule has 1 aliphatic rings. The van der Waals surface area contributed by atoms with E-state index >= 15 is 0 Å². The number of hydrogen-bond acceptors (Lipinski definition) is 1. The molecule has 0 amide bonds. The fraction of sp³-hybridized carbons (Fsp3) is 0.571. The molecule has 0 bridgehead atoms. The molecule has 0 aliphatic carbocycles. The van der Waals surface area contributed by atoms with Crippen LogP contribution in [-0.2, 0) is 6.42 Å². The van der Waals surface area contributed by atoms with Gasteiger partial charge < -0.3 is 5.32 Å². The molecule has 1 aromatic rings. The largest absolute Gasteiger partial charge is 0.312 e. The minimum atomic E-state index is 0.342. The first kappa shape index (κ1) is 10.7. The standard InChI is InChI=1S/C14H21N/c1-14(2)13(10-11-15-14)9-8-12-6-4-3-5-7-12/h3-7,13,15H,8-11H2,1-2H3. The molecule has 1 unspecified atom stereocenters. The van der Waals surface area contributed by atoms with Gasteiger partial charge in [0.2, 0.25) is 0 Å². The second-order valence-electron chi connectivity index (χ2n) is 5.16. The zero-order valence-corrected chi connectivity index (χ0v) is 9.79. The van der Waals surface area contributed by atoms with E-state index in [1.54, 1.807) is 0 Å². The average Bonchev–Trinajstić information content (AvgIpc) is 2.56. The van der Waals surface area contributed by atoms with Crippen LogP contribution in [0.15, 0.2) is 30.3 Å². The first-order chi connectivity index (χ1) is 7.18. The Morgan fingerprint density at radius 2 is 2.00 bits per heavy atom. The molecule has 1 heterocycles. The van der Waals surface area contributed by atoms with Gasteiger partial charge in [-0.15, -0.1) is 0 Å². The SMILES string of the molecule is CC1(C)NCCC1CCc1ccccc1. The fourth-order valence-electron chi connectivity index (χ4n) is 2.56. The van der Waals surface area contributed by atoms with Gasteiger partial charge in [-0.2, -0.15) is 0 Å². The Morgan fingerprint density at radius 1 is 1.27 bits per heavy atom. The van der Waals surface area contributed by atoms with E-state index < -0.39 is 0 Å². The predicted molar refractivity (Wildman–Crippen MR) is 65.0 cm³/mol. The highest BCUT2D eigenvalue weighted by molar-refractivity contribution is 5.15. The molecule has 1 aromatic carbocycles. The molecular formula is C14H21N. The van der Waals surface area contributed by atoms with Crippen molar-refractivity contribution in [1.29, 1.82) is 0 Å². The van der Waals surface area contributed by atoms with Gasteiger partial charge in [-0.25, -0.2) is 0 Å². The van der Waals surface area contributed by atoms with Crippen molar-refractivity contribution >= 4 is 0 Å². The number of benzene rings is 1. The van der Waals surface area contributed by atoms with Crippen LogP contribution in [0.2, 0.25) is 0 Å². The lowest BCUT2D eigenvalue weighted by atomic mass is 9.84. The molecule has 1 saturated heterocycles. The van der Waals surface area contributed by atoms with E-state index in [1.807, 2.05) is 0 Å². The lowest BCUT2D eigenvalue weighted by molar-refractivity contribution is 0.317. The molecule has 82 valence electrons. The van der Waals surface area contributed by atoms with Gasteiger partial charge in [0.1, 0.15) is 0 Å². The smallest absolute Gasteiger partial charge is 0.0153 e. The normalized spacial score (nSPS) is 24.3. The third-order valence-electron chi connectivity index (χ3n) is 3.72. The summed E-state index contributed by atoms with van der Waals surface area (Å²) < 4.78 is 0. The van der Waals surface area contributed by atoms with Crippen LogP contribution >= 0.6 is 0 Å². The first-order valence-corrected chi connectivity index (χ1v) is 5.97. The molecule has 1 atom stereocenters. The Labute approximate surface area is 92.9 Å². The van der Waals surface area contributed by atoms with Gasteiger partial charge in [0.05, 0.1) is 0 Å². The van der Waals surface area contributed by atoms with Crippen LogP contribution in [0.25, 0.3) is 0 Å². The molecule has 1 fully saturated rings. The van der Waals surface area contributed by atoms with Gasteiger partial charge in [-0.1, -0.05) is 30.3 Å². The summed E-state index contributed by atoms with van der Waals surface area (Å²) in [4.78, 5) is 0. The van der Waals surface area contributed by atoms with Gasteiger partial charge in [0.25, 0.3) is 0 Å². The lowest BCUT2D eigenvalue weighted by Crippen LogP contribution is -2.38. The van der Waals surface area contributed by atoms with E-state index in [-0.39, 0.29) is 0 Å². The molecular weight excluding hydrogens is 182 g/mol. The van der Waals surface area contributed by atoms with Crippen molar-refractivity contribution in [3.8, 4) is 0 Å². The van der Waals surface area contributed by atoms with Crippen LogP contribution in [0.5, 0.6) is 0 Å². The van der Waals surface area contributed by atoms with Crippen molar-refractivity contribution in [3.05, 3.63) is 35.9 Å². The molecule has 15 heavy (non-hydrogen) atoms. The quantitative estimate of drug-likeness (QED) is 0.796. The molecule has 0 spiro atoms. The van der Waals surface area contributed by atoms with Crippen LogP contribution in [0.3, 0.4) is 0 Å². The summed E-state index contributed by atoms with van der Waals surface area (Å²) in [6, 6.07) is 10.8. The zero-order chi connectivity index (χ0) is 10.7. The Kier molecular flexibility index (Phi) is 3.11. The van der Waals surface area contributed by atoms with Crippen molar-refractivity contribution in [2.45, 2.75) is 38.6 Å². The minimum absolute atomic E-state index is 0.342. The van der Waals surface area contributed by atoms with Gasteiger partial charge in [-0.05, 0) is 51.1 Å². The van der Waals surface area contributed by atoms with Crippen LogP contribution in [0.4, 0.5) is 0 Å². The minimum Gasteiger partial charge on any atom is -0.312 e. The van der Waals surface area contributed by atoms with Crippen molar-refractivity contribution in [3.63, 3.8) is 0 Å². The van der Waals surface area contributed by atoms with Gasteiger partial charge in [0.15, 0.2) is 0 Å². The molecule has 1 aliphatic heterocycles. The molecule has 1 heteroatoms. The summed E-state index contributed by atoms with van der Waals surface area (Å²) in [6.07, 6.45) is 3.86. The summed E-state index contributed by atoms with van der Waals surface area (Å²) in [5.41, 5.74) is 1.81. The molecule has 0 radical (unpaired) electrons. The van der Waals surface area contributed by atoms with Crippen molar-refractivity contribution in [2.75, 3.05) is 6.54 Å². The number of nitrogens with one attached hydrogen (secondary N) is 1. The summed E-state index contributed by atoms with van der Waals surface area (Å²) in [6.45, 7) is 5.85. The van der Waals surface area contributed by atoms with Gasteiger partial charge >= 0.3 is 0 Å². The maximum absolute atomic E-state index is 3.58. The molecule has 1 N–H and O–H groups in total. The zero-order valence-electron chi connectivity index (χ0n) is 9.79. The van der Waals surface area contributed by atoms with Crippen molar-refractivity contribution < 1.29 is 0 Å². The highest BCUT2D eigenvalue weighted by Crippen LogP contribution is 2.29. The third kappa shape index (κ3) is 2.60.